The van der Waals surface area contributed by atoms with Gasteiger partial charge in [-0.3, -0.25) is 13.9 Å². The summed E-state index contributed by atoms with van der Waals surface area (Å²) in [6.45, 7) is 5.47. The van der Waals surface area contributed by atoms with E-state index in [2.05, 4.69) is 5.32 Å². The number of para-hydroxylation sites is 2. The van der Waals surface area contributed by atoms with Gasteiger partial charge in [0.05, 0.1) is 17.2 Å². The van der Waals surface area contributed by atoms with Crippen LogP contribution in [0.25, 0.3) is 0 Å². The molecule has 2 amide bonds. The van der Waals surface area contributed by atoms with E-state index < -0.39 is 28.5 Å². The SMILES string of the molecule is CCOc1ccccc1N(CC(=O)N(Cc1ccc(C)cc1)[C@@H](C)C(=O)NC1CCCCC1)S(=O)(=O)c1ccccc1. The minimum atomic E-state index is -4.17. The Kier molecular flexibility index (Phi) is 10.6. The molecule has 8 nitrogen and oxygen atoms in total. The molecular formula is C33H41N3O5S. The number of ether oxygens (including phenoxy) is 1. The van der Waals surface area contributed by atoms with Crippen LogP contribution in [0.3, 0.4) is 0 Å². The summed E-state index contributed by atoms with van der Waals surface area (Å²) in [6.07, 6.45) is 5.13. The number of benzene rings is 3. The summed E-state index contributed by atoms with van der Waals surface area (Å²) in [7, 11) is -4.17. The summed E-state index contributed by atoms with van der Waals surface area (Å²) in [4.78, 5) is 29.2. The number of aryl methyl sites for hydroxylation is 1. The number of sulfonamides is 1. The third-order valence-corrected chi connectivity index (χ3v) is 9.41. The van der Waals surface area contributed by atoms with Crippen molar-refractivity contribution in [3.63, 3.8) is 0 Å². The lowest BCUT2D eigenvalue weighted by Crippen LogP contribution is -2.53. The molecule has 1 fully saturated rings. The Morgan fingerprint density at radius 3 is 2.24 bits per heavy atom. The van der Waals surface area contributed by atoms with Crippen molar-refractivity contribution < 1.29 is 22.7 Å². The van der Waals surface area contributed by atoms with Gasteiger partial charge in [0.2, 0.25) is 11.8 Å². The Balaban J connectivity index is 1.70. The second-order valence-electron chi connectivity index (χ2n) is 10.8. The van der Waals surface area contributed by atoms with E-state index in [-0.39, 0.29) is 29.1 Å². The average Bonchev–Trinajstić information content (AvgIpc) is 3.00. The van der Waals surface area contributed by atoms with Crippen LogP contribution in [0.4, 0.5) is 5.69 Å². The van der Waals surface area contributed by atoms with Gasteiger partial charge in [-0.25, -0.2) is 8.42 Å². The van der Waals surface area contributed by atoms with E-state index in [1.165, 1.54) is 17.0 Å². The van der Waals surface area contributed by atoms with Gasteiger partial charge in [-0.15, -0.1) is 0 Å². The molecule has 0 spiro atoms. The fourth-order valence-corrected chi connectivity index (χ4v) is 6.66. The molecule has 9 heteroatoms. The quantitative estimate of drug-likeness (QED) is 0.302. The Labute approximate surface area is 249 Å². The molecular weight excluding hydrogens is 550 g/mol. The normalized spacial score (nSPS) is 14.5. The Hall–Kier alpha value is -3.85. The number of hydrogen-bond donors (Lipinski definition) is 1. The van der Waals surface area contributed by atoms with Crippen molar-refractivity contribution >= 4 is 27.5 Å². The lowest BCUT2D eigenvalue weighted by molar-refractivity contribution is -0.139. The first-order chi connectivity index (χ1) is 20.2. The number of nitrogens with one attached hydrogen (secondary N) is 1. The van der Waals surface area contributed by atoms with Crippen molar-refractivity contribution in [1.29, 1.82) is 0 Å². The first-order valence-electron chi connectivity index (χ1n) is 14.7. The molecule has 1 N–H and O–H groups in total. The lowest BCUT2D eigenvalue weighted by Gasteiger charge is -2.33. The predicted octanol–water partition coefficient (Wildman–Crippen LogP) is 5.46. The van der Waals surface area contributed by atoms with E-state index in [1.54, 1.807) is 49.4 Å². The van der Waals surface area contributed by atoms with Crippen LogP contribution in [-0.2, 0) is 26.2 Å². The second kappa shape index (κ2) is 14.4. The molecule has 1 aliphatic carbocycles. The van der Waals surface area contributed by atoms with E-state index in [0.29, 0.717) is 12.4 Å². The summed E-state index contributed by atoms with van der Waals surface area (Å²) in [5, 5.41) is 3.13. The number of hydrogen-bond acceptors (Lipinski definition) is 5. The fraction of sp³-hybridized carbons (Fsp3) is 0.394. The second-order valence-corrected chi connectivity index (χ2v) is 12.6. The molecule has 0 heterocycles. The monoisotopic (exact) mass is 591 g/mol. The van der Waals surface area contributed by atoms with Gasteiger partial charge in [0.15, 0.2) is 0 Å². The molecule has 1 saturated carbocycles. The van der Waals surface area contributed by atoms with E-state index in [9.17, 15) is 18.0 Å². The van der Waals surface area contributed by atoms with E-state index >= 15 is 0 Å². The molecule has 3 aromatic rings. The van der Waals surface area contributed by atoms with Crippen LogP contribution in [0.1, 0.15) is 57.1 Å². The largest absolute Gasteiger partial charge is 0.492 e. The van der Waals surface area contributed by atoms with Gasteiger partial charge in [0.25, 0.3) is 10.0 Å². The highest BCUT2D eigenvalue weighted by atomic mass is 32.2. The maximum Gasteiger partial charge on any atom is 0.264 e. The predicted molar refractivity (Wildman–Crippen MR) is 165 cm³/mol. The summed E-state index contributed by atoms with van der Waals surface area (Å²) in [5.41, 5.74) is 2.18. The van der Waals surface area contributed by atoms with Crippen molar-refractivity contribution in [1.82, 2.24) is 10.2 Å². The highest BCUT2D eigenvalue weighted by Crippen LogP contribution is 2.33. The molecule has 0 aromatic heterocycles. The van der Waals surface area contributed by atoms with Crippen LogP contribution in [0.2, 0.25) is 0 Å². The number of rotatable bonds is 12. The van der Waals surface area contributed by atoms with E-state index in [0.717, 1.165) is 47.5 Å². The molecule has 224 valence electrons. The summed E-state index contributed by atoms with van der Waals surface area (Å²) in [6, 6.07) is 21.8. The van der Waals surface area contributed by atoms with Crippen LogP contribution >= 0.6 is 0 Å². The maximum absolute atomic E-state index is 14.2. The molecule has 0 bridgehead atoms. The van der Waals surface area contributed by atoms with Crippen LogP contribution in [0, 0.1) is 6.92 Å². The van der Waals surface area contributed by atoms with Gasteiger partial charge in [0.1, 0.15) is 18.3 Å². The lowest BCUT2D eigenvalue weighted by atomic mass is 9.95. The summed E-state index contributed by atoms with van der Waals surface area (Å²) >= 11 is 0. The number of carbonyl (C=O) groups excluding carboxylic acids is 2. The highest BCUT2D eigenvalue weighted by Gasteiger charge is 2.34. The highest BCUT2D eigenvalue weighted by molar-refractivity contribution is 7.92. The zero-order chi connectivity index (χ0) is 30.1. The van der Waals surface area contributed by atoms with Gasteiger partial charge in [0, 0.05) is 12.6 Å². The van der Waals surface area contributed by atoms with E-state index in [4.69, 9.17) is 4.74 Å². The van der Waals surface area contributed by atoms with Crippen molar-refractivity contribution in [2.45, 2.75) is 76.4 Å². The average molecular weight is 592 g/mol. The van der Waals surface area contributed by atoms with Crippen LogP contribution in [0.5, 0.6) is 5.75 Å². The van der Waals surface area contributed by atoms with Crippen LogP contribution < -0.4 is 14.4 Å². The minimum Gasteiger partial charge on any atom is -0.492 e. The van der Waals surface area contributed by atoms with Gasteiger partial charge < -0.3 is 15.0 Å². The fourth-order valence-electron chi connectivity index (χ4n) is 5.22. The van der Waals surface area contributed by atoms with Crippen LogP contribution in [0.15, 0.2) is 83.8 Å². The molecule has 1 aliphatic rings. The van der Waals surface area contributed by atoms with Gasteiger partial charge >= 0.3 is 0 Å². The Bertz CT molecular complexity index is 1440. The Morgan fingerprint density at radius 1 is 0.929 bits per heavy atom. The molecule has 4 rings (SSSR count). The molecule has 42 heavy (non-hydrogen) atoms. The first-order valence-corrected chi connectivity index (χ1v) is 16.1. The topological polar surface area (TPSA) is 96.0 Å². The maximum atomic E-state index is 14.2. The standard InChI is InChI=1S/C33H41N3O5S/c1-4-41-31-18-12-11-17-30(31)36(42(39,40)29-15-9-6-10-16-29)24-32(37)35(23-27-21-19-25(2)20-22-27)26(3)33(38)34-28-13-7-5-8-14-28/h6,9-12,15-22,26,28H,4-5,7-8,13-14,23-24H2,1-3H3,(H,34,38)/t26-/m0/s1. The zero-order valence-electron chi connectivity index (χ0n) is 24.7. The van der Waals surface area contributed by atoms with E-state index in [1.807, 2.05) is 38.1 Å². The molecule has 1 atom stereocenters. The molecule has 0 aliphatic heterocycles. The third kappa shape index (κ3) is 7.70. The van der Waals surface area contributed by atoms with Crippen LogP contribution in [-0.4, -0.2) is 50.4 Å². The third-order valence-electron chi connectivity index (χ3n) is 7.64. The molecule has 0 radical (unpaired) electrons. The number of carbonyl (C=O) groups is 2. The van der Waals surface area contributed by atoms with Crippen molar-refractivity contribution in [2.24, 2.45) is 0 Å². The van der Waals surface area contributed by atoms with Gasteiger partial charge in [-0.2, -0.15) is 0 Å². The smallest absolute Gasteiger partial charge is 0.264 e. The van der Waals surface area contributed by atoms with Crippen molar-refractivity contribution in [3.8, 4) is 5.75 Å². The summed E-state index contributed by atoms with van der Waals surface area (Å²) in [5.74, 6) is -0.386. The summed E-state index contributed by atoms with van der Waals surface area (Å²) < 4.78 is 34.9. The Morgan fingerprint density at radius 2 is 1.57 bits per heavy atom. The van der Waals surface area contributed by atoms with Gasteiger partial charge in [-0.05, 0) is 63.4 Å². The number of amides is 2. The van der Waals surface area contributed by atoms with Crippen molar-refractivity contribution in [2.75, 3.05) is 17.5 Å². The zero-order valence-corrected chi connectivity index (χ0v) is 25.5. The molecule has 0 unspecified atom stereocenters. The number of nitrogens with zero attached hydrogens (tertiary/aromatic N) is 2. The molecule has 3 aromatic carbocycles. The van der Waals surface area contributed by atoms with Crippen molar-refractivity contribution in [3.05, 3.63) is 90.0 Å². The number of anilines is 1. The first kappa shape index (κ1) is 31.1. The minimum absolute atomic E-state index is 0.0530. The van der Waals surface area contributed by atoms with Gasteiger partial charge in [-0.1, -0.05) is 79.4 Å². The molecule has 0 saturated heterocycles.